The molecule has 1 unspecified atom stereocenters. The molecule has 0 aliphatic carbocycles. The lowest BCUT2D eigenvalue weighted by Crippen LogP contribution is -2.16. The van der Waals surface area contributed by atoms with Crippen LogP contribution >= 0.6 is 11.8 Å². The zero-order valence-corrected chi connectivity index (χ0v) is 18.3. The summed E-state index contributed by atoms with van der Waals surface area (Å²) in [5.41, 5.74) is 4.53. The highest BCUT2D eigenvalue weighted by atomic mass is 32.2. The van der Waals surface area contributed by atoms with Gasteiger partial charge >= 0.3 is 0 Å². The Hall–Kier alpha value is -2.12. The van der Waals surface area contributed by atoms with Crippen LogP contribution < -0.4 is 0 Å². The van der Waals surface area contributed by atoms with Gasteiger partial charge in [-0.2, -0.15) is 4.98 Å². The van der Waals surface area contributed by atoms with E-state index in [0.29, 0.717) is 23.4 Å². The molecule has 3 aromatic rings. The summed E-state index contributed by atoms with van der Waals surface area (Å²) in [7, 11) is 0. The Morgan fingerprint density at radius 2 is 1.97 bits per heavy atom. The Labute approximate surface area is 176 Å². The van der Waals surface area contributed by atoms with Gasteiger partial charge in [-0.1, -0.05) is 55.0 Å². The number of aryl methyl sites for hydroxylation is 1. The van der Waals surface area contributed by atoms with E-state index in [0.717, 1.165) is 42.4 Å². The molecule has 0 bridgehead atoms. The first-order chi connectivity index (χ1) is 14.0. The third-order valence-electron chi connectivity index (χ3n) is 5.46. The minimum absolute atomic E-state index is 0.283. The van der Waals surface area contributed by atoms with Gasteiger partial charge in [0.2, 0.25) is 11.7 Å². The summed E-state index contributed by atoms with van der Waals surface area (Å²) in [6.07, 6.45) is 2.54. The fourth-order valence-electron chi connectivity index (χ4n) is 3.51. The Bertz CT molecular complexity index is 956. The lowest BCUT2D eigenvalue weighted by atomic mass is 10.0. The summed E-state index contributed by atoms with van der Waals surface area (Å²) in [4.78, 5) is 9.31. The van der Waals surface area contributed by atoms with Crippen molar-refractivity contribution in [2.45, 2.75) is 70.0 Å². The van der Waals surface area contributed by atoms with E-state index in [2.05, 4.69) is 66.7 Å². The predicted octanol–water partition coefficient (Wildman–Crippen LogP) is 5.14. The second kappa shape index (κ2) is 8.71. The van der Waals surface area contributed by atoms with E-state index in [1.807, 2.05) is 0 Å². The Morgan fingerprint density at radius 3 is 2.66 bits per heavy atom. The molecule has 1 aliphatic rings. The molecule has 0 amide bonds. The van der Waals surface area contributed by atoms with E-state index in [-0.39, 0.29) is 6.10 Å². The Morgan fingerprint density at radius 1 is 1.17 bits per heavy atom. The number of thioether (sulfide) groups is 1. The topological polar surface area (TPSA) is 66.0 Å². The molecule has 7 heteroatoms. The van der Waals surface area contributed by atoms with Crippen LogP contribution in [0.4, 0.5) is 0 Å². The highest BCUT2D eigenvalue weighted by Gasteiger charge is 2.21. The van der Waals surface area contributed by atoms with Gasteiger partial charge in [-0.3, -0.25) is 0 Å². The third-order valence-corrected chi connectivity index (χ3v) is 6.42. The average Bonchev–Trinajstić information content (AvgIpc) is 3.45. The summed E-state index contributed by atoms with van der Waals surface area (Å²) in [5.74, 6) is 2.34. The molecule has 29 heavy (non-hydrogen) atoms. The smallest absolute Gasteiger partial charge is 0.237 e. The molecule has 4 rings (SSSR count). The number of rotatable bonds is 7. The molecule has 1 atom stereocenters. The number of hydrogen-bond donors (Lipinski definition) is 0. The molecule has 0 saturated carbocycles. The van der Waals surface area contributed by atoms with E-state index in [1.165, 1.54) is 11.3 Å². The first kappa shape index (κ1) is 20.2. The van der Waals surface area contributed by atoms with Crippen LogP contribution in [0.25, 0.3) is 11.4 Å². The Balaban J connectivity index is 1.44. The standard InChI is InChI=1S/C22H28N4O2S/c1-14(2)17-7-9-18(10-8-17)21-24-20(28-25-21)13-29-22-23-15(3)16(4)26(22)12-19-6-5-11-27-19/h7-10,14,19H,5-6,11-13H2,1-4H3. The van der Waals surface area contributed by atoms with E-state index in [1.54, 1.807) is 11.8 Å². The quantitative estimate of drug-likeness (QED) is 0.500. The molecule has 0 spiro atoms. The monoisotopic (exact) mass is 412 g/mol. The van der Waals surface area contributed by atoms with Crippen molar-refractivity contribution in [2.75, 3.05) is 6.61 Å². The van der Waals surface area contributed by atoms with Crippen LogP contribution in [0.3, 0.4) is 0 Å². The number of aromatic nitrogens is 4. The second-order valence-corrected chi connectivity index (χ2v) is 8.83. The molecule has 1 aromatic carbocycles. The van der Waals surface area contributed by atoms with E-state index < -0.39 is 0 Å². The Kier molecular flexibility index (Phi) is 6.06. The molecule has 0 radical (unpaired) electrons. The highest BCUT2D eigenvalue weighted by Crippen LogP contribution is 2.27. The molecule has 2 aromatic heterocycles. The SMILES string of the molecule is Cc1nc(SCc2nc(-c3ccc(C(C)C)cc3)no2)n(CC2CCCO2)c1C. The fraction of sp³-hybridized carbons (Fsp3) is 0.500. The third kappa shape index (κ3) is 4.56. The van der Waals surface area contributed by atoms with Crippen molar-refractivity contribution < 1.29 is 9.26 Å². The first-order valence-corrected chi connectivity index (χ1v) is 11.2. The maximum absolute atomic E-state index is 5.82. The maximum atomic E-state index is 5.82. The van der Waals surface area contributed by atoms with Crippen molar-refractivity contribution in [1.82, 2.24) is 19.7 Å². The van der Waals surface area contributed by atoms with Gasteiger partial charge in [-0.05, 0) is 38.2 Å². The fourth-order valence-corrected chi connectivity index (χ4v) is 4.45. The van der Waals surface area contributed by atoms with Crippen molar-refractivity contribution >= 4 is 11.8 Å². The number of imidazole rings is 1. The summed E-state index contributed by atoms with van der Waals surface area (Å²) in [6.45, 7) is 10.3. The number of hydrogen-bond acceptors (Lipinski definition) is 6. The van der Waals surface area contributed by atoms with Gasteiger partial charge in [0.25, 0.3) is 0 Å². The zero-order chi connectivity index (χ0) is 20.4. The maximum Gasteiger partial charge on any atom is 0.237 e. The van der Waals surface area contributed by atoms with Crippen LogP contribution in [0.1, 0.15) is 55.4 Å². The number of benzene rings is 1. The highest BCUT2D eigenvalue weighted by molar-refractivity contribution is 7.98. The molecule has 1 saturated heterocycles. The normalized spacial score (nSPS) is 16.8. The lowest BCUT2D eigenvalue weighted by molar-refractivity contribution is 0.0945. The van der Waals surface area contributed by atoms with Crippen molar-refractivity contribution in [2.24, 2.45) is 0 Å². The molecule has 3 heterocycles. The molecule has 154 valence electrons. The van der Waals surface area contributed by atoms with Gasteiger partial charge in [-0.25, -0.2) is 4.98 Å². The average molecular weight is 413 g/mol. The minimum Gasteiger partial charge on any atom is -0.376 e. The molecule has 0 N–H and O–H groups in total. The van der Waals surface area contributed by atoms with Gasteiger partial charge in [0, 0.05) is 17.9 Å². The van der Waals surface area contributed by atoms with Gasteiger partial charge in [0.15, 0.2) is 5.16 Å². The van der Waals surface area contributed by atoms with Crippen molar-refractivity contribution in [3.8, 4) is 11.4 Å². The number of nitrogens with zero attached hydrogens (tertiary/aromatic N) is 4. The van der Waals surface area contributed by atoms with Gasteiger partial charge in [-0.15, -0.1) is 0 Å². The van der Waals surface area contributed by atoms with Crippen LogP contribution in [0.15, 0.2) is 33.9 Å². The predicted molar refractivity (Wildman–Crippen MR) is 114 cm³/mol. The van der Waals surface area contributed by atoms with E-state index in [9.17, 15) is 0 Å². The van der Waals surface area contributed by atoms with Crippen LogP contribution in [-0.4, -0.2) is 32.4 Å². The van der Waals surface area contributed by atoms with Crippen molar-refractivity contribution in [3.63, 3.8) is 0 Å². The molecule has 6 nitrogen and oxygen atoms in total. The largest absolute Gasteiger partial charge is 0.376 e. The van der Waals surface area contributed by atoms with Crippen LogP contribution in [0.2, 0.25) is 0 Å². The summed E-state index contributed by atoms with van der Waals surface area (Å²) < 4.78 is 13.6. The second-order valence-electron chi connectivity index (χ2n) is 7.89. The van der Waals surface area contributed by atoms with Gasteiger partial charge < -0.3 is 13.8 Å². The van der Waals surface area contributed by atoms with Crippen LogP contribution in [-0.2, 0) is 17.0 Å². The summed E-state index contributed by atoms with van der Waals surface area (Å²) in [6, 6.07) is 8.35. The van der Waals surface area contributed by atoms with Crippen LogP contribution in [0.5, 0.6) is 0 Å². The van der Waals surface area contributed by atoms with Crippen molar-refractivity contribution in [1.29, 1.82) is 0 Å². The molecule has 1 fully saturated rings. The lowest BCUT2D eigenvalue weighted by Gasteiger charge is -2.14. The van der Waals surface area contributed by atoms with Gasteiger partial charge in [0.05, 0.1) is 24.1 Å². The molecular weight excluding hydrogens is 384 g/mol. The first-order valence-electron chi connectivity index (χ1n) is 10.2. The zero-order valence-electron chi connectivity index (χ0n) is 17.5. The number of ether oxygens (including phenoxy) is 1. The van der Waals surface area contributed by atoms with E-state index in [4.69, 9.17) is 14.2 Å². The molecular formula is C22H28N4O2S. The molecule has 1 aliphatic heterocycles. The van der Waals surface area contributed by atoms with Gasteiger partial charge in [0.1, 0.15) is 0 Å². The van der Waals surface area contributed by atoms with E-state index >= 15 is 0 Å². The summed E-state index contributed by atoms with van der Waals surface area (Å²) >= 11 is 1.63. The summed E-state index contributed by atoms with van der Waals surface area (Å²) in [5, 5.41) is 5.14. The van der Waals surface area contributed by atoms with Crippen LogP contribution in [0, 0.1) is 13.8 Å². The minimum atomic E-state index is 0.283. The van der Waals surface area contributed by atoms with Crippen molar-refractivity contribution in [3.05, 3.63) is 47.1 Å².